The number of methoxy groups -OCH3 is 1. The molecular weight excluding hydrogens is 500 g/mol. The number of likely N-dealkylation sites (N-methyl/N-ethyl adjacent to an activating group) is 1. The highest BCUT2D eigenvalue weighted by molar-refractivity contribution is 6.34. The van der Waals surface area contributed by atoms with Crippen LogP contribution in [0.25, 0.3) is 0 Å². The van der Waals surface area contributed by atoms with Crippen LogP contribution in [-0.4, -0.2) is 37.5 Å². The summed E-state index contributed by atoms with van der Waals surface area (Å²) in [5, 5.41) is 6.91. The zero-order valence-electron chi connectivity index (χ0n) is 23.0. The standard InChI is InChI=1S/C31H37ClN2O4/c1-16-11-12-22-29(2,3)27(35)20(33-5)15-31(22)30(16,4)14-17-13-19(32)23-24(26(17)38-31)25(34-28(23)36)18-9-7-8-10-21(18)37-6/h7-10,13,16,20,22,25,33H,11-12,14-15H2,1-6H3,(H,34,36)/t16-,20?,22-,25?,30+,31-/m0/s1. The molecule has 1 spiro atoms. The molecule has 0 bridgehead atoms. The third kappa shape index (κ3) is 3.16. The van der Waals surface area contributed by atoms with Gasteiger partial charge in [-0.3, -0.25) is 9.59 Å². The second-order valence-electron chi connectivity index (χ2n) is 12.5. The van der Waals surface area contributed by atoms with Crippen molar-refractivity contribution >= 4 is 23.3 Å². The van der Waals surface area contributed by atoms with Crippen LogP contribution in [0.1, 0.15) is 80.0 Å². The Labute approximate surface area is 229 Å². The predicted molar refractivity (Wildman–Crippen MR) is 147 cm³/mol. The highest BCUT2D eigenvalue weighted by Crippen LogP contribution is 2.66. The fraction of sp³-hybridized carbons (Fsp3) is 0.548. The van der Waals surface area contributed by atoms with Crippen LogP contribution >= 0.6 is 11.6 Å². The number of Topliss-reactive ketones (excluding diaryl/α,β-unsaturated/α-hetero) is 1. The molecule has 2 aromatic carbocycles. The van der Waals surface area contributed by atoms with Gasteiger partial charge in [-0.25, -0.2) is 0 Å². The SMILES string of the molecule is CNC1C[C@@]23Oc4c(cc(Cl)c5c4C(c4ccccc4OC)NC5=O)C[C@]2(C)[C@@H](C)CC[C@H]3C(C)(C)C1=O. The summed E-state index contributed by atoms with van der Waals surface area (Å²) in [7, 11) is 3.51. The first-order valence-electron chi connectivity index (χ1n) is 13.7. The molecular formula is C31H37ClN2O4. The van der Waals surface area contributed by atoms with Crippen LogP contribution in [0.4, 0.5) is 0 Å². The summed E-state index contributed by atoms with van der Waals surface area (Å²) in [6.45, 7) is 8.85. The van der Waals surface area contributed by atoms with E-state index in [0.29, 0.717) is 28.7 Å². The van der Waals surface area contributed by atoms with Gasteiger partial charge in [-0.05, 0) is 49.9 Å². The van der Waals surface area contributed by atoms with E-state index < -0.39 is 17.1 Å². The van der Waals surface area contributed by atoms with Crippen molar-refractivity contribution in [1.82, 2.24) is 10.6 Å². The number of carbonyl (C=O) groups is 2. The number of rotatable bonds is 3. The van der Waals surface area contributed by atoms with Gasteiger partial charge in [0.15, 0.2) is 5.78 Å². The average molecular weight is 537 g/mol. The molecule has 6 nitrogen and oxygen atoms in total. The van der Waals surface area contributed by atoms with Crippen LogP contribution in [0.5, 0.6) is 11.5 Å². The normalized spacial score (nSPS) is 34.8. The number of carbonyl (C=O) groups excluding carboxylic acids is 2. The fourth-order valence-corrected chi connectivity index (χ4v) is 8.68. The van der Waals surface area contributed by atoms with Gasteiger partial charge in [0.2, 0.25) is 0 Å². The Morgan fingerprint density at radius 1 is 1.16 bits per heavy atom. The minimum atomic E-state index is -0.568. The van der Waals surface area contributed by atoms with Crippen LogP contribution in [0, 0.1) is 22.7 Å². The third-order valence-electron chi connectivity index (χ3n) is 10.6. The van der Waals surface area contributed by atoms with E-state index in [0.717, 1.165) is 41.7 Å². The highest BCUT2D eigenvalue weighted by atomic mass is 35.5. The predicted octanol–water partition coefficient (Wildman–Crippen LogP) is 5.49. The largest absolute Gasteiger partial charge is 0.496 e. The Balaban J connectivity index is 1.60. The van der Waals surface area contributed by atoms with E-state index in [1.807, 2.05) is 37.4 Å². The van der Waals surface area contributed by atoms with E-state index in [4.69, 9.17) is 21.1 Å². The number of hydrogen-bond acceptors (Lipinski definition) is 5. The molecule has 38 heavy (non-hydrogen) atoms. The Morgan fingerprint density at radius 3 is 2.61 bits per heavy atom. The number of para-hydroxylation sites is 1. The summed E-state index contributed by atoms with van der Waals surface area (Å²) in [5.41, 5.74) is 1.83. The van der Waals surface area contributed by atoms with Crippen LogP contribution in [-0.2, 0) is 11.2 Å². The lowest BCUT2D eigenvalue weighted by molar-refractivity contribution is -0.212. The summed E-state index contributed by atoms with van der Waals surface area (Å²) >= 11 is 6.83. The van der Waals surface area contributed by atoms with Crippen molar-refractivity contribution < 1.29 is 19.1 Å². The van der Waals surface area contributed by atoms with Gasteiger partial charge in [-0.1, -0.05) is 57.5 Å². The number of amides is 1. The number of nitrogens with one attached hydrogen (secondary N) is 2. The van der Waals surface area contributed by atoms with Gasteiger partial charge in [-0.2, -0.15) is 0 Å². The molecule has 202 valence electrons. The van der Waals surface area contributed by atoms with Gasteiger partial charge in [-0.15, -0.1) is 0 Å². The summed E-state index contributed by atoms with van der Waals surface area (Å²) in [4.78, 5) is 26.9. The van der Waals surface area contributed by atoms with Gasteiger partial charge < -0.3 is 20.1 Å². The van der Waals surface area contributed by atoms with Gasteiger partial charge in [0, 0.05) is 34.3 Å². The minimum absolute atomic E-state index is 0.0579. The topological polar surface area (TPSA) is 76.7 Å². The van der Waals surface area contributed by atoms with Crippen LogP contribution in [0.15, 0.2) is 30.3 Å². The molecule has 6 atom stereocenters. The van der Waals surface area contributed by atoms with Crippen molar-refractivity contribution in [3.05, 3.63) is 57.6 Å². The van der Waals surface area contributed by atoms with Crippen molar-refractivity contribution in [3.8, 4) is 11.5 Å². The van der Waals surface area contributed by atoms with Crippen molar-refractivity contribution in [2.24, 2.45) is 22.7 Å². The van der Waals surface area contributed by atoms with Gasteiger partial charge in [0.05, 0.1) is 29.8 Å². The van der Waals surface area contributed by atoms with Crippen molar-refractivity contribution in [3.63, 3.8) is 0 Å². The Morgan fingerprint density at radius 2 is 1.89 bits per heavy atom. The van der Waals surface area contributed by atoms with Crippen LogP contribution in [0.3, 0.4) is 0 Å². The molecule has 0 saturated heterocycles. The lowest BCUT2D eigenvalue weighted by Crippen LogP contribution is -2.73. The zero-order valence-corrected chi connectivity index (χ0v) is 23.8. The molecule has 2 saturated carbocycles. The fourth-order valence-electron chi connectivity index (χ4n) is 8.36. The first kappa shape index (κ1) is 25.7. The quantitative estimate of drug-likeness (QED) is 0.542. The first-order chi connectivity index (χ1) is 18.0. The summed E-state index contributed by atoms with van der Waals surface area (Å²) < 4.78 is 13.1. The summed E-state index contributed by atoms with van der Waals surface area (Å²) in [6, 6.07) is 8.93. The molecule has 2 heterocycles. The molecule has 0 radical (unpaired) electrons. The lowest BCUT2D eigenvalue weighted by Gasteiger charge is -2.66. The Kier molecular flexibility index (Phi) is 5.72. The first-order valence-corrected chi connectivity index (χ1v) is 14.1. The molecule has 2 unspecified atom stereocenters. The maximum absolute atomic E-state index is 13.6. The maximum atomic E-state index is 13.6. The van der Waals surface area contributed by atoms with Crippen molar-refractivity contribution in [2.75, 3.05) is 14.2 Å². The van der Waals surface area contributed by atoms with Crippen LogP contribution in [0.2, 0.25) is 5.02 Å². The maximum Gasteiger partial charge on any atom is 0.254 e. The average Bonchev–Trinajstić information content (AvgIpc) is 3.24. The molecule has 2 aliphatic heterocycles. The summed E-state index contributed by atoms with van der Waals surface area (Å²) in [5.74, 6) is 1.94. The second kappa shape index (κ2) is 8.46. The van der Waals surface area contributed by atoms with E-state index in [9.17, 15) is 9.59 Å². The number of benzene rings is 2. The number of ether oxygens (including phenoxy) is 2. The number of hydrogen-bond donors (Lipinski definition) is 2. The monoisotopic (exact) mass is 536 g/mol. The third-order valence-corrected chi connectivity index (χ3v) is 10.9. The van der Waals surface area contributed by atoms with Crippen molar-refractivity contribution in [2.45, 2.75) is 71.1 Å². The number of ketones is 1. The zero-order chi connectivity index (χ0) is 27.2. The molecule has 6 rings (SSSR count). The van der Waals surface area contributed by atoms with E-state index in [1.165, 1.54) is 0 Å². The molecule has 7 heteroatoms. The van der Waals surface area contributed by atoms with E-state index in [1.54, 1.807) is 7.11 Å². The van der Waals surface area contributed by atoms with Crippen LogP contribution < -0.4 is 20.1 Å². The number of halogens is 1. The summed E-state index contributed by atoms with van der Waals surface area (Å²) in [6.07, 6.45) is 3.37. The van der Waals surface area contributed by atoms with E-state index in [-0.39, 0.29) is 29.1 Å². The minimum Gasteiger partial charge on any atom is -0.496 e. The molecule has 4 aliphatic rings. The molecule has 2 aromatic rings. The van der Waals surface area contributed by atoms with Gasteiger partial charge in [0.25, 0.3) is 5.91 Å². The number of fused-ring (bicyclic) bond motifs is 3. The molecule has 2 N–H and O–H groups in total. The smallest absolute Gasteiger partial charge is 0.254 e. The second-order valence-corrected chi connectivity index (χ2v) is 12.9. The van der Waals surface area contributed by atoms with Crippen molar-refractivity contribution in [1.29, 1.82) is 0 Å². The lowest BCUT2D eigenvalue weighted by atomic mass is 9.43. The molecule has 2 aliphatic carbocycles. The highest BCUT2D eigenvalue weighted by Gasteiger charge is 2.69. The molecule has 0 aromatic heterocycles. The Hall–Kier alpha value is -2.57. The van der Waals surface area contributed by atoms with Gasteiger partial charge in [0.1, 0.15) is 17.1 Å². The molecule has 1 amide bonds. The van der Waals surface area contributed by atoms with Gasteiger partial charge >= 0.3 is 0 Å². The molecule has 2 fully saturated rings. The Bertz CT molecular complexity index is 1360. The van der Waals surface area contributed by atoms with E-state index >= 15 is 0 Å². The van der Waals surface area contributed by atoms with E-state index in [2.05, 4.69) is 38.3 Å².